The minimum atomic E-state index is 0. The second-order valence-corrected chi connectivity index (χ2v) is 5.89. The Morgan fingerprint density at radius 1 is 1.35 bits per heavy atom. The van der Waals surface area contributed by atoms with Crippen LogP contribution in [0, 0.1) is 12.8 Å². The van der Waals surface area contributed by atoms with Crippen LogP contribution in [-0.4, -0.2) is 17.5 Å². The van der Waals surface area contributed by atoms with Gasteiger partial charge in [-0.25, -0.2) is 9.98 Å². The molecule has 0 spiro atoms. The highest BCUT2D eigenvalue weighted by Gasteiger charge is 2.16. The van der Waals surface area contributed by atoms with Crippen molar-refractivity contribution in [2.24, 2.45) is 16.6 Å². The van der Waals surface area contributed by atoms with Crippen LogP contribution in [0.3, 0.4) is 0 Å². The number of guanidine groups is 1. The average Bonchev–Trinajstić information content (AvgIpc) is 2.93. The van der Waals surface area contributed by atoms with Crippen molar-refractivity contribution in [1.82, 2.24) is 10.3 Å². The predicted molar refractivity (Wildman–Crippen MR) is 103 cm³/mol. The van der Waals surface area contributed by atoms with Crippen molar-refractivity contribution in [2.75, 3.05) is 6.54 Å². The second-order valence-electron chi connectivity index (χ2n) is 5.89. The first-order valence-electron chi connectivity index (χ1n) is 7.76. The quantitative estimate of drug-likeness (QED) is 0.436. The van der Waals surface area contributed by atoms with Gasteiger partial charge < -0.3 is 15.5 Å². The molecule has 1 aliphatic rings. The number of hydrogen-bond donors (Lipinski definition) is 2. The summed E-state index contributed by atoms with van der Waals surface area (Å²) >= 11 is 0. The SMILES string of the molecule is Cc1ccc(-c2nc(CN=C(N)NCC3CCC3)co2)cc1.I. The number of aliphatic imine (C=N–C) groups is 1. The van der Waals surface area contributed by atoms with E-state index >= 15 is 0 Å². The fourth-order valence-electron chi connectivity index (χ4n) is 2.38. The van der Waals surface area contributed by atoms with Crippen LogP contribution in [0.15, 0.2) is 39.9 Å². The summed E-state index contributed by atoms with van der Waals surface area (Å²) in [6.45, 7) is 3.40. The molecule has 1 fully saturated rings. The van der Waals surface area contributed by atoms with Crippen molar-refractivity contribution in [3.63, 3.8) is 0 Å². The number of aryl methyl sites for hydroxylation is 1. The molecule has 0 atom stereocenters. The van der Waals surface area contributed by atoms with Crippen LogP contribution in [0.25, 0.3) is 11.5 Å². The average molecular weight is 426 g/mol. The summed E-state index contributed by atoms with van der Waals surface area (Å²) in [5.74, 6) is 1.85. The molecule has 23 heavy (non-hydrogen) atoms. The van der Waals surface area contributed by atoms with Gasteiger partial charge in [-0.05, 0) is 37.8 Å². The Morgan fingerprint density at radius 2 is 2.09 bits per heavy atom. The highest BCUT2D eigenvalue weighted by Crippen LogP contribution is 2.25. The topological polar surface area (TPSA) is 76.4 Å². The summed E-state index contributed by atoms with van der Waals surface area (Å²) in [4.78, 5) is 8.75. The Bertz CT molecular complexity index is 647. The number of halogens is 1. The van der Waals surface area contributed by atoms with E-state index in [4.69, 9.17) is 10.2 Å². The number of rotatable bonds is 5. The van der Waals surface area contributed by atoms with E-state index < -0.39 is 0 Å². The maximum Gasteiger partial charge on any atom is 0.226 e. The summed E-state index contributed by atoms with van der Waals surface area (Å²) in [6, 6.07) is 8.09. The highest BCUT2D eigenvalue weighted by atomic mass is 127. The minimum absolute atomic E-state index is 0. The van der Waals surface area contributed by atoms with Crippen LogP contribution in [0.4, 0.5) is 0 Å². The molecule has 0 aliphatic heterocycles. The third kappa shape index (κ3) is 4.95. The van der Waals surface area contributed by atoms with Crippen LogP contribution in [0.2, 0.25) is 0 Å². The normalized spacial score (nSPS) is 14.9. The summed E-state index contributed by atoms with van der Waals surface area (Å²) in [7, 11) is 0. The Morgan fingerprint density at radius 3 is 2.74 bits per heavy atom. The molecule has 0 bridgehead atoms. The number of nitrogens with zero attached hydrogens (tertiary/aromatic N) is 2. The molecule has 1 aromatic carbocycles. The minimum Gasteiger partial charge on any atom is -0.444 e. The molecule has 2 aromatic rings. The lowest BCUT2D eigenvalue weighted by Crippen LogP contribution is -2.37. The van der Waals surface area contributed by atoms with Gasteiger partial charge in [0, 0.05) is 12.1 Å². The van der Waals surface area contributed by atoms with Crippen molar-refractivity contribution < 1.29 is 4.42 Å². The van der Waals surface area contributed by atoms with Gasteiger partial charge in [0.1, 0.15) is 12.0 Å². The van der Waals surface area contributed by atoms with Gasteiger partial charge in [-0.1, -0.05) is 24.1 Å². The standard InChI is InChI=1S/C17H22N4O.HI/c1-12-5-7-14(8-6-12)16-21-15(11-22-16)10-20-17(18)19-9-13-3-2-4-13;/h5-8,11,13H,2-4,9-10H2,1H3,(H3,18,19,20);1H. The largest absolute Gasteiger partial charge is 0.444 e. The second kappa shape index (κ2) is 8.33. The maximum absolute atomic E-state index is 5.86. The van der Waals surface area contributed by atoms with E-state index in [1.165, 1.54) is 24.8 Å². The van der Waals surface area contributed by atoms with Gasteiger partial charge in [0.15, 0.2) is 5.96 Å². The van der Waals surface area contributed by atoms with Gasteiger partial charge in [-0.15, -0.1) is 24.0 Å². The van der Waals surface area contributed by atoms with Gasteiger partial charge in [-0.3, -0.25) is 0 Å². The van der Waals surface area contributed by atoms with Crippen molar-refractivity contribution >= 4 is 29.9 Å². The molecule has 5 nitrogen and oxygen atoms in total. The van der Waals surface area contributed by atoms with Gasteiger partial charge in [0.05, 0.1) is 6.54 Å². The zero-order valence-electron chi connectivity index (χ0n) is 13.3. The van der Waals surface area contributed by atoms with E-state index in [1.807, 2.05) is 24.3 Å². The van der Waals surface area contributed by atoms with Crippen molar-refractivity contribution in [3.8, 4) is 11.5 Å². The van der Waals surface area contributed by atoms with Gasteiger partial charge in [0.25, 0.3) is 0 Å². The molecule has 3 N–H and O–H groups in total. The molecule has 1 heterocycles. The molecule has 3 rings (SSSR count). The summed E-state index contributed by atoms with van der Waals surface area (Å²) in [6.07, 6.45) is 5.56. The Labute approximate surface area is 153 Å². The van der Waals surface area contributed by atoms with Gasteiger partial charge in [0.2, 0.25) is 5.89 Å². The van der Waals surface area contributed by atoms with Gasteiger partial charge >= 0.3 is 0 Å². The molecular formula is C17H23IN4O. The van der Waals surface area contributed by atoms with E-state index in [-0.39, 0.29) is 24.0 Å². The summed E-state index contributed by atoms with van der Waals surface area (Å²) in [5, 5.41) is 3.17. The molecule has 6 heteroatoms. The first-order valence-corrected chi connectivity index (χ1v) is 7.76. The van der Waals surface area contributed by atoms with Crippen LogP contribution in [0.5, 0.6) is 0 Å². The molecule has 0 saturated heterocycles. The molecular weight excluding hydrogens is 403 g/mol. The number of aromatic nitrogens is 1. The van der Waals surface area contributed by atoms with E-state index in [9.17, 15) is 0 Å². The van der Waals surface area contributed by atoms with Crippen LogP contribution in [0.1, 0.15) is 30.5 Å². The third-order valence-corrected chi connectivity index (χ3v) is 4.06. The molecule has 0 unspecified atom stereocenters. The Hall–Kier alpha value is -1.57. The highest BCUT2D eigenvalue weighted by molar-refractivity contribution is 14.0. The first-order chi connectivity index (χ1) is 10.7. The van der Waals surface area contributed by atoms with Crippen molar-refractivity contribution in [2.45, 2.75) is 32.7 Å². The number of hydrogen-bond acceptors (Lipinski definition) is 3. The van der Waals surface area contributed by atoms with E-state index in [0.29, 0.717) is 18.4 Å². The lowest BCUT2D eigenvalue weighted by atomic mass is 9.85. The molecule has 1 aliphatic carbocycles. The molecule has 124 valence electrons. The molecule has 1 aromatic heterocycles. The van der Waals surface area contributed by atoms with Gasteiger partial charge in [-0.2, -0.15) is 0 Å². The molecule has 1 saturated carbocycles. The van der Waals surface area contributed by atoms with E-state index in [1.54, 1.807) is 6.26 Å². The van der Waals surface area contributed by atoms with Crippen LogP contribution in [-0.2, 0) is 6.54 Å². The maximum atomic E-state index is 5.86. The predicted octanol–water partition coefficient (Wildman–Crippen LogP) is 3.47. The van der Waals surface area contributed by atoms with Crippen molar-refractivity contribution in [1.29, 1.82) is 0 Å². The fourth-order valence-corrected chi connectivity index (χ4v) is 2.38. The number of benzene rings is 1. The Kier molecular flexibility index (Phi) is 6.44. The Balaban J connectivity index is 0.00000192. The summed E-state index contributed by atoms with van der Waals surface area (Å²) in [5.41, 5.74) is 8.83. The monoisotopic (exact) mass is 426 g/mol. The zero-order chi connectivity index (χ0) is 15.4. The lowest BCUT2D eigenvalue weighted by molar-refractivity contribution is 0.315. The number of nitrogens with two attached hydrogens (primary N) is 1. The number of oxazole rings is 1. The summed E-state index contributed by atoms with van der Waals surface area (Å²) < 4.78 is 5.51. The third-order valence-electron chi connectivity index (χ3n) is 4.06. The smallest absolute Gasteiger partial charge is 0.226 e. The fraction of sp³-hybridized carbons (Fsp3) is 0.412. The van der Waals surface area contributed by atoms with E-state index in [2.05, 4.69) is 22.2 Å². The van der Waals surface area contributed by atoms with Crippen molar-refractivity contribution in [3.05, 3.63) is 41.8 Å². The zero-order valence-corrected chi connectivity index (χ0v) is 15.6. The first kappa shape index (κ1) is 17.8. The molecule has 0 radical (unpaired) electrons. The molecule has 0 amide bonds. The van der Waals surface area contributed by atoms with Crippen LogP contribution < -0.4 is 11.1 Å². The lowest BCUT2D eigenvalue weighted by Gasteiger charge is -2.25. The number of nitrogens with one attached hydrogen (secondary N) is 1. The van der Waals surface area contributed by atoms with E-state index in [0.717, 1.165) is 23.7 Å². The van der Waals surface area contributed by atoms with Crippen LogP contribution >= 0.6 is 24.0 Å².